The maximum Gasteiger partial charge on any atom is 0.252 e. The zero-order valence-corrected chi connectivity index (χ0v) is 17.9. The summed E-state index contributed by atoms with van der Waals surface area (Å²) in [6.45, 7) is 2.71. The summed E-state index contributed by atoms with van der Waals surface area (Å²) in [6, 6.07) is 3.29. The van der Waals surface area contributed by atoms with Crippen LogP contribution >= 0.6 is 15.9 Å². The van der Waals surface area contributed by atoms with E-state index in [9.17, 15) is 9.59 Å². The fourth-order valence-electron chi connectivity index (χ4n) is 3.40. The first-order chi connectivity index (χ1) is 13.0. The largest absolute Gasteiger partial charge is 0.495 e. The molecule has 1 aliphatic carbocycles. The third-order valence-corrected chi connectivity index (χ3v) is 5.80. The molecule has 0 radical (unpaired) electrons. The van der Waals surface area contributed by atoms with E-state index >= 15 is 0 Å². The van der Waals surface area contributed by atoms with Gasteiger partial charge in [0.1, 0.15) is 21.5 Å². The van der Waals surface area contributed by atoms with Gasteiger partial charge < -0.3 is 20.1 Å². The number of unbranched alkanes of at least 4 members (excludes halogenated alkanes) is 1. The number of rotatable bonds is 8. The summed E-state index contributed by atoms with van der Waals surface area (Å²) in [5.74, 6) is 0.626. The first kappa shape index (κ1) is 21.5. The van der Waals surface area contributed by atoms with Crippen LogP contribution in [0, 0.1) is 0 Å². The van der Waals surface area contributed by atoms with Crippen molar-refractivity contribution in [2.24, 2.45) is 0 Å². The number of carbonyl (C=O) groups is 2. The van der Waals surface area contributed by atoms with Crippen molar-refractivity contribution in [3.63, 3.8) is 0 Å². The fraction of sp³-hybridized carbons (Fsp3) is 0.600. The first-order valence-corrected chi connectivity index (χ1v) is 10.3. The average molecular weight is 441 g/mol. The molecule has 0 spiro atoms. The topological polar surface area (TPSA) is 76.7 Å². The lowest BCUT2D eigenvalue weighted by molar-refractivity contribution is -0.128. The van der Waals surface area contributed by atoms with Crippen LogP contribution in [0.3, 0.4) is 0 Å². The molecular weight excluding hydrogens is 412 g/mol. The molecule has 0 bridgehead atoms. The maximum atomic E-state index is 13.0. The van der Waals surface area contributed by atoms with E-state index in [1.54, 1.807) is 12.1 Å². The van der Waals surface area contributed by atoms with E-state index in [-0.39, 0.29) is 11.8 Å². The molecule has 2 amide bonds. The standard InChI is InChI=1S/C20H29BrN2O4/c1-4-5-11-22-19(25)20(9-7-6-8-10-20)23-18(24)14-12-15(26-2)17(21)16(13-14)27-3/h12-13H,4-11H2,1-3H3,(H,22,25)(H,23,24). The molecule has 1 saturated carbocycles. The van der Waals surface area contributed by atoms with E-state index in [0.29, 0.717) is 40.9 Å². The maximum absolute atomic E-state index is 13.0. The van der Waals surface area contributed by atoms with Crippen molar-refractivity contribution in [3.05, 3.63) is 22.2 Å². The van der Waals surface area contributed by atoms with Gasteiger partial charge in [0.05, 0.1) is 14.2 Å². The van der Waals surface area contributed by atoms with Gasteiger partial charge in [0.15, 0.2) is 0 Å². The molecule has 0 heterocycles. The molecule has 0 aliphatic heterocycles. The van der Waals surface area contributed by atoms with Gasteiger partial charge in [-0.1, -0.05) is 32.6 Å². The molecule has 6 nitrogen and oxygen atoms in total. The highest BCUT2D eigenvalue weighted by Crippen LogP contribution is 2.36. The molecule has 1 aliphatic rings. The minimum atomic E-state index is -0.851. The molecule has 7 heteroatoms. The lowest BCUT2D eigenvalue weighted by Gasteiger charge is -2.36. The Balaban J connectivity index is 2.24. The van der Waals surface area contributed by atoms with E-state index in [4.69, 9.17) is 9.47 Å². The van der Waals surface area contributed by atoms with Gasteiger partial charge >= 0.3 is 0 Å². The Morgan fingerprint density at radius 3 is 2.22 bits per heavy atom. The zero-order chi connectivity index (χ0) is 19.9. The molecule has 150 valence electrons. The van der Waals surface area contributed by atoms with Gasteiger partial charge in [-0.25, -0.2) is 0 Å². The predicted molar refractivity (Wildman–Crippen MR) is 108 cm³/mol. The Hall–Kier alpha value is -1.76. The number of benzene rings is 1. The van der Waals surface area contributed by atoms with E-state index < -0.39 is 5.54 Å². The van der Waals surface area contributed by atoms with Gasteiger partial charge in [-0.15, -0.1) is 0 Å². The number of hydrogen-bond donors (Lipinski definition) is 2. The highest BCUT2D eigenvalue weighted by Gasteiger charge is 2.40. The first-order valence-electron chi connectivity index (χ1n) is 9.49. The van der Waals surface area contributed by atoms with Gasteiger partial charge in [-0.2, -0.15) is 0 Å². The summed E-state index contributed by atoms with van der Waals surface area (Å²) in [4.78, 5) is 25.9. The normalized spacial score (nSPS) is 15.7. The fourth-order valence-corrected chi connectivity index (χ4v) is 3.95. The summed E-state index contributed by atoms with van der Waals surface area (Å²) in [7, 11) is 3.07. The predicted octanol–water partition coefficient (Wildman–Crippen LogP) is 3.82. The molecule has 1 fully saturated rings. The average Bonchev–Trinajstić information content (AvgIpc) is 2.68. The number of methoxy groups -OCH3 is 2. The Bertz CT molecular complexity index is 647. The van der Waals surface area contributed by atoms with Crippen LogP contribution in [0.15, 0.2) is 16.6 Å². The van der Waals surface area contributed by atoms with Crippen LogP contribution in [-0.4, -0.2) is 38.1 Å². The Kier molecular flexibility index (Phi) is 7.95. The molecule has 0 unspecified atom stereocenters. The van der Waals surface area contributed by atoms with E-state index in [0.717, 1.165) is 32.1 Å². The molecule has 2 N–H and O–H groups in total. The van der Waals surface area contributed by atoms with Gasteiger partial charge in [-0.3, -0.25) is 9.59 Å². The van der Waals surface area contributed by atoms with E-state index in [2.05, 4.69) is 33.5 Å². The molecule has 1 aromatic rings. The molecule has 27 heavy (non-hydrogen) atoms. The SMILES string of the molecule is CCCCNC(=O)C1(NC(=O)c2cc(OC)c(Br)c(OC)c2)CCCCC1. The monoisotopic (exact) mass is 440 g/mol. The van der Waals surface area contributed by atoms with Crippen LogP contribution < -0.4 is 20.1 Å². The highest BCUT2D eigenvalue weighted by atomic mass is 79.9. The quantitative estimate of drug-likeness (QED) is 0.602. The molecule has 1 aromatic carbocycles. The van der Waals surface area contributed by atoms with Crippen LogP contribution in [0.1, 0.15) is 62.2 Å². The minimum absolute atomic E-state index is 0.0833. The lowest BCUT2D eigenvalue weighted by Crippen LogP contribution is -2.59. The van der Waals surface area contributed by atoms with Gasteiger partial charge in [0.25, 0.3) is 5.91 Å². The van der Waals surface area contributed by atoms with Crippen LogP contribution in [0.2, 0.25) is 0 Å². The van der Waals surface area contributed by atoms with Gasteiger partial charge in [0.2, 0.25) is 5.91 Å². The smallest absolute Gasteiger partial charge is 0.252 e. The Morgan fingerprint density at radius 2 is 1.70 bits per heavy atom. The van der Waals surface area contributed by atoms with Crippen molar-refractivity contribution >= 4 is 27.7 Å². The second kappa shape index (κ2) is 9.97. The van der Waals surface area contributed by atoms with Crippen molar-refractivity contribution in [2.75, 3.05) is 20.8 Å². The molecular formula is C20H29BrN2O4. The summed E-state index contributed by atoms with van der Waals surface area (Å²) in [5.41, 5.74) is -0.449. The second-order valence-electron chi connectivity index (χ2n) is 6.90. The molecule has 0 saturated heterocycles. The van der Waals surface area contributed by atoms with Crippen LogP contribution in [-0.2, 0) is 4.79 Å². The number of halogens is 1. The van der Waals surface area contributed by atoms with E-state index in [1.165, 1.54) is 14.2 Å². The Morgan fingerprint density at radius 1 is 1.11 bits per heavy atom. The second-order valence-corrected chi connectivity index (χ2v) is 7.69. The third kappa shape index (κ3) is 5.15. The number of carbonyl (C=O) groups excluding carboxylic acids is 2. The number of amides is 2. The minimum Gasteiger partial charge on any atom is -0.495 e. The summed E-state index contributed by atoms with van der Waals surface area (Å²) in [6.07, 6.45) is 6.18. The molecule has 0 atom stereocenters. The Labute approximate surface area is 169 Å². The van der Waals surface area contributed by atoms with Crippen LogP contribution in [0.5, 0.6) is 11.5 Å². The third-order valence-electron chi connectivity index (χ3n) is 5.02. The summed E-state index contributed by atoms with van der Waals surface area (Å²) >= 11 is 3.41. The van der Waals surface area contributed by atoms with Crippen molar-refractivity contribution in [1.82, 2.24) is 10.6 Å². The summed E-state index contributed by atoms with van der Waals surface area (Å²) in [5, 5.41) is 6.01. The highest BCUT2D eigenvalue weighted by molar-refractivity contribution is 9.10. The van der Waals surface area contributed by atoms with Crippen LogP contribution in [0.25, 0.3) is 0 Å². The van der Waals surface area contributed by atoms with Gasteiger partial charge in [0, 0.05) is 12.1 Å². The number of nitrogens with one attached hydrogen (secondary N) is 2. The van der Waals surface area contributed by atoms with Crippen molar-refractivity contribution in [1.29, 1.82) is 0 Å². The zero-order valence-electron chi connectivity index (χ0n) is 16.3. The van der Waals surface area contributed by atoms with Crippen molar-refractivity contribution < 1.29 is 19.1 Å². The van der Waals surface area contributed by atoms with Crippen molar-refractivity contribution in [2.45, 2.75) is 57.4 Å². The van der Waals surface area contributed by atoms with E-state index in [1.807, 2.05) is 0 Å². The summed E-state index contributed by atoms with van der Waals surface area (Å²) < 4.78 is 11.3. The lowest BCUT2D eigenvalue weighted by atomic mass is 9.80. The van der Waals surface area contributed by atoms with Crippen LogP contribution in [0.4, 0.5) is 0 Å². The van der Waals surface area contributed by atoms with Gasteiger partial charge in [-0.05, 0) is 47.3 Å². The number of hydrogen-bond acceptors (Lipinski definition) is 4. The molecule has 2 rings (SSSR count). The van der Waals surface area contributed by atoms with Crippen molar-refractivity contribution in [3.8, 4) is 11.5 Å². The molecule has 0 aromatic heterocycles. The number of ether oxygens (including phenoxy) is 2.